The van der Waals surface area contributed by atoms with Gasteiger partial charge in [0.2, 0.25) is 5.95 Å². The maximum atomic E-state index is 9.02. The first-order valence-electron chi connectivity index (χ1n) is 23.4. The van der Waals surface area contributed by atoms with Crippen LogP contribution in [0.2, 0.25) is 0 Å². The van der Waals surface area contributed by atoms with Gasteiger partial charge in [-0.2, -0.15) is 0 Å². The second-order valence-electron chi connectivity index (χ2n) is 17.8. The van der Waals surface area contributed by atoms with Crippen LogP contribution < -0.4 is 15.4 Å². The molecule has 6 nitrogen and oxygen atoms in total. The van der Waals surface area contributed by atoms with Crippen LogP contribution in [0.4, 0.5) is 11.6 Å². The highest BCUT2D eigenvalue weighted by Gasteiger charge is 2.66. The van der Waals surface area contributed by atoms with Crippen molar-refractivity contribution < 1.29 is 4.74 Å². The number of nitrogens with one attached hydrogen (secondary N) is 3. The van der Waals surface area contributed by atoms with E-state index in [-0.39, 0.29) is 5.96 Å². The maximum Gasteiger partial charge on any atom is 0.229 e. The Labute approximate surface area is 401 Å². The molecule has 2 unspecified atom stereocenters. The number of guanidine groups is 1. The number of ether oxygens (including phenoxy) is 1. The number of hydrogen-bond donors (Lipinski definition) is 3. The van der Waals surface area contributed by atoms with E-state index in [0.29, 0.717) is 43.1 Å². The highest BCUT2D eigenvalue weighted by atomic mass is 16.5. The molecule has 3 N–H and O–H groups in total. The minimum Gasteiger partial charge on any atom is -0.481 e. The summed E-state index contributed by atoms with van der Waals surface area (Å²) in [6.45, 7) is 3.84. The molecule has 9 aromatic rings. The molecule has 0 aliphatic rings. The topological polar surface area (TPSA) is 82.9 Å². The highest BCUT2D eigenvalue weighted by molar-refractivity contribution is 6.00. The van der Waals surface area contributed by atoms with Crippen LogP contribution in [0.25, 0.3) is 0 Å². The van der Waals surface area contributed by atoms with Gasteiger partial charge in [-0.15, -0.1) is 0 Å². The Bertz CT molecular complexity index is 2950. The fourth-order valence-corrected chi connectivity index (χ4v) is 10.6. The Kier molecular flexibility index (Phi) is 13.7. The van der Waals surface area contributed by atoms with Crippen LogP contribution in [0, 0.1) is 19.3 Å². The van der Waals surface area contributed by atoms with Gasteiger partial charge in [-0.05, 0) is 90.3 Å². The van der Waals surface area contributed by atoms with Crippen LogP contribution in [0.15, 0.2) is 243 Å². The van der Waals surface area contributed by atoms with Gasteiger partial charge in [0.15, 0.2) is 5.96 Å². The molecule has 0 aliphatic carbocycles. The summed E-state index contributed by atoms with van der Waals surface area (Å²) >= 11 is 0. The number of nitrogens with zero attached hydrogens (tertiary/aromatic N) is 2. The van der Waals surface area contributed by atoms with Gasteiger partial charge >= 0.3 is 0 Å². The van der Waals surface area contributed by atoms with Crippen LogP contribution in [0.1, 0.15) is 50.3 Å². The summed E-state index contributed by atoms with van der Waals surface area (Å²) in [5.74, 6) is 1.06. The lowest BCUT2D eigenvalue weighted by Gasteiger charge is -2.61. The monoisotopic (exact) mass is 887 g/mol. The summed E-state index contributed by atoms with van der Waals surface area (Å²) in [7, 11) is 0. The second kappa shape index (κ2) is 20.6. The van der Waals surface area contributed by atoms with Crippen molar-refractivity contribution in [2.75, 3.05) is 10.6 Å². The molecule has 0 fully saturated rings. The number of aromatic nitrogens is 2. The molecule has 1 heterocycles. The normalized spacial score (nSPS) is 13.1. The molecule has 0 amide bonds. The zero-order chi connectivity index (χ0) is 46.7. The lowest BCUT2D eigenvalue weighted by atomic mass is 9.43. The third-order valence-electron chi connectivity index (χ3n) is 13.3. The van der Waals surface area contributed by atoms with E-state index in [1.807, 2.05) is 38.1 Å². The van der Waals surface area contributed by atoms with Crippen molar-refractivity contribution in [3.63, 3.8) is 0 Å². The average molecular weight is 888 g/mol. The number of rotatable bonds is 17. The van der Waals surface area contributed by atoms with Crippen molar-refractivity contribution in [1.82, 2.24) is 9.97 Å². The lowest BCUT2D eigenvalue weighted by molar-refractivity contribution is -0.0665. The van der Waals surface area contributed by atoms with E-state index in [0.717, 1.165) is 28.1 Å². The predicted molar refractivity (Wildman–Crippen MR) is 278 cm³/mol. The van der Waals surface area contributed by atoms with Gasteiger partial charge in [-0.25, -0.2) is 9.97 Å². The molecule has 6 heteroatoms. The molecule has 0 spiro atoms. The van der Waals surface area contributed by atoms with Crippen molar-refractivity contribution in [3.8, 4) is 5.75 Å². The predicted octanol–water partition coefficient (Wildman–Crippen LogP) is 13.7. The number of benzene rings is 8. The van der Waals surface area contributed by atoms with Gasteiger partial charge in [0.25, 0.3) is 0 Å². The van der Waals surface area contributed by atoms with Crippen LogP contribution in [-0.4, -0.2) is 15.9 Å². The lowest BCUT2D eigenvalue weighted by Crippen LogP contribution is -2.67. The molecule has 1 aromatic heterocycles. The van der Waals surface area contributed by atoms with E-state index in [1.54, 1.807) is 0 Å². The molecule has 0 bridgehead atoms. The van der Waals surface area contributed by atoms with Crippen molar-refractivity contribution in [2.45, 2.75) is 56.0 Å². The minimum absolute atomic E-state index is 0.0438. The molecule has 9 rings (SSSR count). The fourth-order valence-electron chi connectivity index (χ4n) is 10.6. The zero-order valence-corrected chi connectivity index (χ0v) is 38.7. The van der Waals surface area contributed by atoms with E-state index in [1.165, 1.54) is 22.3 Å². The Morgan fingerprint density at radius 2 is 0.838 bits per heavy atom. The number of aryl methyl sites for hydroxylation is 2. The zero-order valence-electron chi connectivity index (χ0n) is 38.7. The first-order valence-corrected chi connectivity index (χ1v) is 23.4. The van der Waals surface area contributed by atoms with Gasteiger partial charge in [0, 0.05) is 35.0 Å². The van der Waals surface area contributed by atoms with Gasteiger partial charge in [0.05, 0.1) is 5.41 Å². The van der Waals surface area contributed by atoms with Gasteiger partial charge in [-0.3, -0.25) is 10.7 Å². The summed E-state index contributed by atoms with van der Waals surface area (Å²) < 4.78 is 8.30. The number of hydrogen-bond acceptors (Lipinski definition) is 4. The molecule has 0 aliphatic heterocycles. The third-order valence-corrected chi connectivity index (χ3v) is 13.3. The fraction of sp³-hybridized carbons (Fsp3) is 0.145. The number of anilines is 2. The van der Waals surface area contributed by atoms with Crippen LogP contribution >= 0.6 is 0 Å². The van der Waals surface area contributed by atoms with E-state index in [9.17, 15) is 0 Å². The molecule has 0 radical (unpaired) electrons. The first-order chi connectivity index (χ1) is 33.3. The molecule has 2 atom stereocenters. The van der Waals surface area contributed by atoms with E-state index < -0.39 is 16.4 Å². The third kappa shape index (κ3) is 9.72. The quantitative estimate of drug-likeness (QED) is 0.0627. The van der Waals surface area contributed by atoms with Crippen molar-refractivity contribution in [1.29, 1.82) is 5.41 Å². The SMILES string of the molecule is Cc1cc(C)nc(NC(=N)Nc2cccc(OC(Cc3ccccc3)(c3ccccc3)C(Cc3ccccc3)(c3ccccc3)C(Cc3ccccc3)(Cc3ccccc3)c3ccccc3)c2)n1. The van der Waals surface area contributed by atoms with Gasteiger partial charge < -0.3 is 10.1 Å². The molecule has 8 aromatic carbocycles. The van der Waals surface area contributed by atoms with Crippen LogP contribution in [0.3, 0.4) is 0 Å². The summed E-state index contributed by atoms with van der Waals surface area (Å²) in [5.41, 5.74) is 7.76. The van der Waals surface area contributed by atoms with Gasteiger partial charge in [-0.1, -0.05) is 218 Å². The molecular formula is C62H57N5O. The largest absolute Gasteiger partial charge is 0.481 e. The molecule has 0 saturated carbocycles. The van der Waals surface area contributed by atoms with Crippen LogP contribution in [0.5, 0.6) is 5.75 Å². The van der Waals surface area contributed by atoms with Gasteiger partial charge in [0.1, 0.15) is 11.4 Å². The van der Waals surface area contributed by atoms with Crippen molar-refractivity contribution in [3.05, 3.63) is 293 Å². The van der Waals surface area contributed by atoms with E-state index in [2.05, 4.69) is 239 Å². The summed E-state index contributed by atoms with van der Waals surface area (Å²) in [4.78, 5) is 9.05. The second-order valence-corrected chi connectivity index (χ2v) is 17.8. The van der Waals surface area contributed by atoms with Crippen molar-refractivity contribution >= 4 is 17.6 Å². The smallest absolute Gasteiger partial charge is 0.229 e. The Morgan fingerprint density at radius 1 is 0.426 bits per heavy atom. The molecule has 68 heavy (non-hydrogen) atoms. The minimum atomic E-state index is -1.15. The van der Waals surface area contributed by atoms with Crippen molar-refractivity contribution in [2.24, 2.45) is 0 Å². The Morgan fingerprint density at radius 3 is 1.32 bits per heavy atom. The molecule has 336 valence electrons. The standard InChI is InChI=1S/C62H57N5O/c1-47-41-48(2)65-59(64-47)67-58(63)66-56-39-24-40-57(42-56)68-62(55-37-22-9-23-38-55,46-52-31-16-6-17-32-52)61(54-35-20-8-21-36-54,45-51-29-14-5-15-30-51)60(53-33-18-7-19-34-53,43-49-25-10-3-11-26-49)44-50-27-12-4-13-28-50/h3-42H,43-46H2,1-2H3,(H3,63,64,65,66,67). The summed E-state index contributed by atoms with van der Waals surface area (Å²) in [6.07, 6.45) is 2.49. The summed E-state index contributed by atoms with van der Waals surface area (Å²) in [5, 5.41) is 15.4. The van der Waals surface area contributed by atoms with E-state index >= 15 is 0 Å². The van der Waals surface area contributed by atoms with Crippen LogP contribution in [-0.2, 0) is 42.1 Å². The highest BCUT2D eigenvalue weighted by Crippen LogP contribution is 2.62. The summed E-state index contributed by atoms with van der Waals surface area (Å²) in [6, 6.07) is 87.0. The molecular weight excluding hydrogens is 831 g/mol. The first kappa shape index (κ1) is 45.1. The Hall–Kier alpha value is -8.09. The molecule has 0 saturated heterocycles. The maximum absolute atomic E-state index is 9.02. The van der Waals surface area contributed by atoms with E-state index in [4.69, 9.17) is 10.1 Å². The average Bonchev–Trinajstić information content (AvgIpc) is 3.37. The Balaban J connectivity index is 1.39.